The van der Waals surface area contributed by atoms with Crippen molar-refractivity contribution in [2.24, 2.45) is 0 Å². The fourth-order valence-corrected chi connectivity index (χ4v) is 2.68. The maximum absolute atomic E-state index is 12.1. The maximum atomic E-state index is 12.1. The quantitative estimate of drug-likeness (QED) is 0.525. The highest BCUT2D eigenvalue weighted by Crippen LogP contribution is 2.17. The summed E-state index contributed by atoms with van der Waals surface area (Å²) >= 11 is 0. The molecule has 0 spiro atoms. The normalized spacial score (nSPS) is 26.0. The summed E-state index contributed by atoms with van der Waals surface area (Å²) in [6.07, 6.45) is 11.8. The van der Waals surface area contributed by atoms with Gasteiger partial charge in [0.1, 0.15) is 0 Å². The molecule has 0 aromatic carbocycles. The van der Waals surface area contributed by atoms with E-state index in [1.165, 1.54) is 0 Å². The fourth-order valence-electron chi connectivity index (χ4n) is 2.68. The van der Waals surface area contributed by atoms with Crippen LogP contribution in [0.2, 0.25) is 0 Å². The predicted octanol–water partition coefficient (Wildman–Crippen LogP) is 1.37. The summed E-state index contributed by atoms with van der Waals surface area (Å²) in [4.78, 5) is 22.9. The number of carbonyl (C=O) groups excluding carboxylic acids is 1. The maximum Gasteiger partial charge on any atom is 0.478 e. The van der Waals surface area contributed by atoms with Crippen molar-refractivity contribution in [1.29, 1.82) is 0 Å². The Bertz CT molecular complexity index is 529. The van der Waals surface area contributed by atoms with Crippen molar-refractivity contribution in [3.05, 3.63) is 36.0 Å². The number of hydrogen-bond donors (Lipinski definition) is 3. The lowest BCUT2D eigenvalue weighted by Gasteiger charge is -2.25. The Morgan fingerprint density at radius 1 is 1.30 bits per heavy atom. The van der Waals surface area contributed by atoms with Crippen LogP contribution in [0.15, 0.2) is 36.0 Å². The Morgan fingerprint density at radius 3 is 2.78 bits per heavy atom. The number of aliphatic carboxylic acids is 1. The zero-order chi connectivity index (χ0) is 16.7. The fraction of sp³-hybridized carbons (Fsp3) is 0.500. The van der Waals surface area contributed by atoms with E-state index in [2.05, 4.69) is 11.4 Å². The molecule has 0 saturated heterocycles. The topological polar surface area (TPSA) is 95.9 Å². The monoisotopic (exact) mass is 319 g/mol. The summed E-state index contributed by atoms with van der Waals surface area (Å²) < 4.78 is 5.39. The Morgan fingerprint density at radius 2 is 2.09 bits per heavy atom. The highest BCUT2D eigenvalue weighted by atomic mass is 16.5. The summed E-state index contributed by atoms with van der Waals surface area (Å²) in [7, 11) is -1.21. The first-order valence-electron chi connectivity index (χ1n) is 7.89. The van der Waals surface area contributed by atoms with Gasteiger partial charge in [-0.2, -0.15) is 0 Å². The number of carboxylic acid groups (broad SMARTS) is 1. The van der Waals surface area contributed by atoms with Crippen LogP contribution >= 0.6 is 0 Å². The molecule has 0 bridgehead atoms. The molecule has 6 nitrogen and oxygen atoms in total. The van der Waals surface area contributed by atoms with Gasteiger partial charge in [-0.3, -0.25) is 9.59 Å². The summed E-state index contributed by atoms with van der Waals surface area (Å²) in [6.45, 7) is 0. The lowest BCUT2D eigenvalue weighted by atomic mass is 9.75. The first kappa shape index (κ1) is 17.5. The van der Waals surface area contributed by atoms with Gasteiger partial charge in [0.25, 0.3) is 0 Å². The number of carbonyl (C=O) groups is 2. The molecule has 7 heteroatoms. The number of allylic oxidation sites excluding steroid dienone is 3. The zero-order valence-corrected chi connectivity index (χ0v) is 13.0. The number of hydrogen-bond acceptors (Lipinski definition) is 4. The van der Waals surface area contributed by atoms with E-state index in [1.807, 2.05) is 24.3 Å². The van der Waals surface area contributed by atoms with Gasteiger partial charge in [-0.25, -0.2) is 0 Å². The van der Waals surface area contributed by atoms with Gasteiger partial charge in [-0.1, -0.05) is 36.0 Å². The molecular formula is C16H22BNO5. The molecule has 2 atom stereocenters. The van der Waals surface area contributed by atoms with Crippen LogP contribution in [0.3, 0.4) is 0 Å². The van der Waals surface area contributed by atoms with Gasteiger partial charge in [0.15, 0.2) is 0 Å². The SMILES string of the molecule is O=C(O)C[C@H]1C/C=C\C[C@H](NC(=O)CC2=CC=CCC2)B(O)O1. The first-order valence-corrected chi connectivity index (χ1v) is 7.89. The van der Waals surface area contributed by atoms with Crippen molar-refractivity contribution in [3.8, 4) is 0 Å². The highest BCUT2D eigenvalue weighted by molar-refractivity contribution is 6.45. The molecule has 1 amide bonds. The number of nitrogens with one attached hydrogen (secondary N) is 1. The molecule has 1 aliphatic carbocycles. The average Bonchev–Trinajstić information content (AvgIpc) is 2.49. The van der Waals surface area contributed by atoms with Gasteiger partial charge in [0.2, 0.25) is 5.91 Å². The molecule has 0 fully saturated rings. The minimum absolute atomic E-state index is 0.164. The summed E-state index contributed by atoms with van der Waals surface area (Å²) in [6, 6.07) is 0. The van der Waals surface area contributed by atoms with Gasteiger partial charge in [-0.05, 0) is 25.7 Å². The summed E-state index contributed by atoms with van der Waals surface area (Å²) in [5.74, 6) is -1.72. The molecule has 3 N–H and O–H groups in total. The van der Waals surface area contributed by atoms with Crippen LogP contribution in [-0.4, -0.2) is 41.2 Å². The Kier molecular flexibility index (Phi) is 6.61. The second-order valence-corrected chi connectivity index (χ2v) is 5.83. The average molecular weight is 319 g/mol. The molecule has 0 aromatic heterocycles. The van der Waals surface area contributed by atoms with Gasteiger partial charge in [0.05, 0.1) is 18.5 Å². The number of rotatable bonds is 5. The smallest absolute Gasteiger partial charge is 0.478 e. The molecule has 0 aromatic rings. The van der Waals surface area contributed by atoms with Crippen LogP contribution in [0, 0.1) is 0 Å². The minimum atomic E-state index is -1.21. The van der Waals surface area contributed by atoms with Gasteiger partial charge >= 0.3 is 13.1 Å². The van der Waals surface area contributed by atoms with Crippen LogP contribution in [0.4, 0.5) is 0 Å². The van der Waals surface area contributed by atoms with Crippen molar-refractivity contribution in [1.82, 2.24) is 5.32 Å². The largest absolute Gasteiger partial charge is 0.481 e. The van der Waals surface area contributed by atoms with Crippen molar-refractivity contribution in [2.45, 2.75) is 50.6 Å². The van der Waals surface area contributed by atoms with E-state index in [4.69, 9.17) is 9.76 Å². The van der Waals surface area contributed by atoms with Crippen molar-refractivity contribution < 1.29 is 24.4 Å². The molecule has 2 rings (SSSR count). The van der Waals surface area contributed by atoms with E-state index in [0.717, 1.165) is 18.4 Å². The predicted molar refractivity (Wildman–Crippen MR) is 86.5 cm³/mol. The number of carboxylic acids is 1. The van der Waals surface area contributed by atoms with Crippen LogP contribution in [0.5, 0.6) is 0 Å². The third-order valence-electron chi connectivity index (χ3n) is 3.87. The molecule has 1 heterocycles. The first-order chi connectivity index (χ1) is 11.0. The van der Waals surface area contributed by atoms with E-state index in [0.29, 0.717) is 19.3 Å². The highest BCUT2D eigenvalue weighted by Gasteiger charge is 2.32. The molecule has 1 aliphatic heterocycles. The Balaban J connectivity index is 1.90. The van der Waals surface area contributed by atoms with Crippen molar-refractivity contribution in [2.75, 3.05) is 0 Å². The minimum Gasteiger partial charge on any atom is -0.481 e. The standard InChI is InChI=1S/C16H22BNO5/c19-15(10-12-6-2-1-3-7-12)18-14-9-5-4-8-13(11-16(20)21)23-17(14)22/h1-2,4-6,13-14,22H,3,7-11H2,(H,18,19)(H,20,21)/b5-4-/t13-,14+/m1/s1. The Hall–Kier alpha value is -1.86. The summed E-state index contributed by atoms with van der Waals surface area (Å²) in [5, 5.41) is 21.7. The van der Waals surface area contributed by atoms with Crippen LogP contribution < -0.4 is 5.32 Å². The van der Waals surface area contributed by atoms with E-state index < -0.39 is 25.1 Å². The summed E-state index contributed by atoms with van der Waals surface area (Å²) in [5.41, 5.74) is 1.06. The van der Waals surface area contributed by atoms with Crippen molar-refractivity contribution in [3.63, 3.8) is 0 Å². The lowest BCUT2D eigenvalue weighted by molar-refractivity contribution is -0.139. The molecular weight excluding hydrogens is 297 g/mol. The van der Waals surface area contributed by atoms with Crippen LogP contribution in [0.25, 0.3) is 0 Å². The van der Waals surface area contributed by atoms with Crippen LogP contribution in [0.1, 0.15) is 38.5 Å². The third-order valence-corrected chi connectivity index (χ3v) is 3.87. The van der Waals surface area contributed by atoms with Crippen molar-refractivity contribution >= 4 is 19.0 Å². The molecule has 0 saturated carbocycles. The molecule has 0 unspecified atom stereocenters. The lowest BCUT2D eigenvalue weighted by Crippen LogP contribution is -2.49. The van der Waals surface area contributed by atoms with Gasteiger partial charge < -0.3 is 20.1 Å². The van der Waals surface area contributed by atoms with E-state index in [1.54, 1.807) is 0 Å². The van der Waals surface area contributed by atoms with E-state index in [9.17, 15) is 14.6 Å². The molecule has 124 valence electrons. The molecule has 23 heavy (non-hydrogen) atoms. The zero-order valence-electron chi connectivity index (χ0n) is 13.0. The molecule has 0 radical (unpaired) electrons. The molecule has 2 aliphatic rings. The third kappa shape index (κ3) is 6.04. The second kappa shape index (κ2) is 8.69. The second-order valence-electron chi connectivity index (χ2n) is 5.83. The van der Waals surface area contributed by atoms with Gasteiger partial charge in [-0.15, -0.1) is 0 Å². The van der Waals surface area contributed by atoms with E-state index >= 15 is 0 Å². The van der Waals surface area contributed by atoms with E-state index in [-0.39, 0.29) is 12.3 Å². The van der Waals surface area contributed by atoms with Gasteiger partial charge in [0, 0.05) is 6.42 Å². The van der Waals surface area contributed by atoms with Crippen LogP contribution in [-0.2, 0) is 14.2 Å². The Labute approximate surface area is 136 Å². The number of amides is 1.